The number of nitrogens with one attached hydrogen (secondary N) is 3. The number of halogens is 2. The number of aliphatic imine (C=N–C) groups is 1. The van der Waals surface area contributed by atoms with E-state index < -0.39 is 0 Å². The van der Waals surface area contributed by atoms with Gasteiger partial charge in [-0.1, -0.05) is 11.6 Å². The van der Waals surface area contributed by atoms with Gasteiger partial charge in [-0.15, -0.1) is 24.0 Å². The second-order valence-electron chi connectivity index (χ2n) is 5.04. The molecule has 6 nitrogen and oxygen atoms in total. The average molecular weight is 483 g/mol. The molecule has 0 fully saturated rings. The summed E-state index contributed by atoms with van der Waals surface area (Å²) < 4.78 is 5.28. The van der Waals surface area contributed by atoms with E-state index in [-0.39, 0.29) is 29.9 Å². The minimum absolute atomic E-state index is 0. The van der Waals surface area contributed by atoms with Crippen molar-refractivity contribution in [3.8, 4) is 0 Å². The van der Waals surface area contributed by atoms with Gasteiger partial charge in [-0.05, 0) is 44.5 Å². The van der Waals surface area contributed by atoms with E-state index in [1.165, 1.54) is 0 Å². The third kappa shape index (κ3) is 12.0. The molecule has 8 heteroatoms. The van der Waals surface area contributed by atoms with Gasteiger partial charge in [-0.3, -0.25) is 9.79 Å². The van der Waals surface area contributed by atoms with Gasteiger partial charge in [0.05, 0.1) is 6.61 Å². The summed E-state index contributed by atoms with van der Waals surface area (Å²) in [6.07, 6.45) is 1.10. The van der Waals surface area contributed by atoms with Gasteiger partial charge in [0.1, 0.15) is 0 Å². The first-order valence-electron chi connectivity index (χ1n) is 8.31. The Morgan fingerprint density at radius 2 is 1.92 bits per heavy atom. The Hall–Kier alpha value is -1.06. The zero-order valence-electron chi connectivity index (χ0n) is 14.8. The van der Waals surface area contributed by atoms with E-state index in [0.717, 1.165) is 18.2 Å². The molecular formula is C17H28ClIN4O2. The second kappa shape index (κ2) is 15.2. The zero-order chi connectivity index (χ0) is 17.6. The Labute approximate surface area is 172 Å². The van der Waals surface area contributed by atoms with E-state index in [4.69, 9.17) is 16.3 Å². The molecule has 0 atom stereocenters. The highest BCUT2D eigenvalue weighted by molar-refractivity contribution is 14.0. The van der Waals surface area contributed by atoms with Crippen LogP contribution < -0.4 is 16.0 Å². The van der Waals surface area contributed by atoms with Gasteiger partial charge in [0, 0.05) is 43.4 Å². The fourth-order valence-electron chi connectivity index (χ4n) is 1.91. The van der Waals surface area contributed by atoms with E-state index >= 15 is 0 Å². The molecule has 25 heavy (non-hydrogen) atoms. The first kappa shape index (κ1) is 23.9. The average Bonchev–Trinajstić information content (AvgIpc) is 2.57. The molecule has 0 saturated heterocycles. The molecule has 0 spiro atoms. The Kier molecular flexibility index (Phi) is 14.6. The highest BCUT2D eigenvalue weighted by Gasteiger charge is 2.02. The molecule has 0 bridgehead atoms. The number of nitrogens with zero attached hydrogens (tertiary/aromatic N) is 1. The van der Waals surface area contributed by atoms with Crippen molar-refractivity contribution in [2.45, 2.75) is 26.7 Å². The number of amides is 1. The lowest BCUT2D eigenvalue weighted by molar-refractivity contribution is -0.116. The quantitative estimate of drug-likeness (QED) is 0.207. The van der Waals surface area contributed by atoms with Gasteiger partial charge in [0.15, 0.2) is 5.96 Å². The molecule has 0 aliphatic carbocycles. The highest BCUT2D eigenvalue weighted by Crippen LogP contribution is 2.13. The molecule has 3 N–H and O–H groups in total. The minimum atomic E-state index is -0.0261. The molecule has 0 radical (unpaired) electrons. The molecule has 0 aliphatic heterocycles. The topological polar surface area (TPSA) is 74.8 Å². The fraction of sp³-hybridized carbons (Fsp3) is 0.529. The summed E-state index contributed by atoms with van der Waals surface area (Å²) in [6.45, 7) is 7.41. The van der Waals surface area contributed by atoms with E-state index in [1.807, 2.05) is 13.8 Å². The largest absolute Gasteiger partial charge is 0.380 e. The summed E-state index contributed by atoms with van der Waals surface area (Å²) in [6, 6.07) is 7.06. The Balaban J connectivity index is 0.00000576. The van der Waals surface area contributed by atoms with Crippen molar-refractivity contribution < 1.29 is 9.53 Å². The maximum Gasteiger partial charge on any atom is 0.224 e. The Bertz CT molecular complexity index is 512. The molecule has 1 aromatic rings. The van der Waals surface area contributed by atoms with Crippen LogP contribution in [0.3, 0.4) is 0 Å². The normalized spacial score (nSPS) is 10.8. The van der Waals surface area contributed by atoms with Gasteiger partial charge in [-0.2, -0.15) is 0 Å². The molecule has 1 rings (SSSR count). The lowest BCUT2D eigenvalue weighted by Gasteiger charge is -2.11. The van der Waals surface area contributed by atoms with E-state index in [9.17, 15) is 4.79 Å². The number of ether oxygens (including phenoxy) is 1. The second-order valence-corrected chi connectivity index (χ2v) is 5.48. The summed E-state index contributed by atoms with van der Waals surface area (Å²) in [7, 11) is 0. The number of carbonyl (C=O) groups is 1. The van der Waals surface area contributed by atoms with Crippen molar-refractivity contribution >= 4 is 53.1 Å². The number of hydrogen-bond donors (Lipinski definition) is 3. The van der Waals surface area contributed by atoms with Gasteiger partial charge < -0.3 is 20.7 Å². The first-order valence-corrected chi connectivity index (χ1v) is 8.68. The third-order valence-corrected chi connectivity index (χ3v) is 3.30. The number of rotatable bonds is 10. The van der Waals surface area contributed by atoms with E-state index in [2.05, 4.69) is 20.9 Å². The summed E-state index contributed by atoms with van der Waals surface area (Å²) in [5, 5.41) is 9.84. The van der Waals surface area contributed by atoms with Gasteiger partial charge in [-0.25, -0.2) is 0 Å². The maximum atomic E-state index is 11.9. The van der Waals surface area contributed by atoms with Crippen LogP contribution in [0.5, 0.6) is 0 Å². The van der Waals surface area contributed by atoms with E-state index in [0.29, 0.717) is 44.2 Å². The summed E-state index contributed by atoms with van der Waals surface area (Å²) in [5.74, 6) is 0.720. The maximum absolute atomic E-state index is 11.9. The van der Waals surface area contributed by atoms with Crippen LogP contribution in [0.4, 0.5) is 5.69 Å². The SMILES string of the molecule is CCNC(=NCCCC(=O)Nc1ccc(Cl)cc1)NCCOCC.I. The lowest BCUT2D eigenvalue weighted by Crippen LogP contribution is -2.39. The first-order chi connectivity index (χ1) is 11.7. The van der Waals surface area contributed by atoms with Gasteiger partial charge in [0.25, 0.3) is 0 Å². The molecule has 1 aromatic carbocycles. The molecule has 0 saturated carbocycles. The van der Waals surface area contributed by atoms with Crippen molar-refractivity contribution in [2.75, 3.05) is 38.2 Å². The van der Waals surface area contributed by atoms with Crippen molar-refractivity contribution in [1.82, 2.24) is 10.6 Å². The number of guanidine groups is 1. The van der Waals surface area contributed by atoms with Crippen LogP contribution >= 0.6 is 35.6 Å². The van der Waals surface area contributed by atoms with Crippen LogP contribution in [-0.2, 0) is 9.53 Å². The fourth-order valence-corrected chi connectivity index (χ4v) is 2.04. The molecule has 1 amide bonds. The van der Waals surface area contributed by atoms with Crippen molar-refractivity contribution in [3.63, 3.8) is 0 Å². The molecule has 0 unspecified atom stereocenters. The molecule has 0 heterocycles. The van der Waals surface area contributed by atoms with Crippen LogP contribution in [0, 0.1) is 0 Å². The summed E-state index contributed by atoms with van der Waals surface area (Å²) in [5.41, 5.74) is 0.749. The zero-order valence-corrected chi connectivity index (χ0v) is 17.9. The Morgan fingerprint density at radius 3 is 2.56 bits per heavy atom. The van der Waals surface area contributed by atoms with Crippen LogP contribution in [0.15, 0.2) is 29.3 Å². The standard InChI is InChI=1S/C17H27ClN4O2.HI/c1-3-19-17(21-12-13-24-4-2)20-11-5-6-16(23)22-15-9-7-14(18)8-10-15;/h7-10H,3-6,11-13H2,1-2H3,(H,22,23)(H2,19,20,21);1H. The molecule has 142 valence electrons. The molecule has 0 aliphatic rings. The van der Waals surface area contributed by atoms with Gasteiger partial charge in [0.2, 0.25) is 5.91 Å². The van der Waals surface area contributed by atoms with Crippen LogP contribution in [0.25, 0.3) is 0 Å². The van der Waals surface area contributed by atoms with E-state index in [1.54, 1.807) is 24.3 Å². The van der Waals surface area contributed by atoms with Crippen molar-refractivity contribution in [1.29, 1.82) is 0 Å². The van der Waals surface area contributed by atoms with Crippen molar-refractivity contribution in [2.24, 2.45) is 4.99 Å². The monoisotopic (exact) mass is 482 g/mol. The third-order valence-electron chi connectivity index (χ3n) is 3.05. The summed E-state index contributed by atoms with van der Waals surface area (Å²) >= 11 is 5.81. The summed E-state index contributed by atoms with van der Waals surface area (Å²) in [4.78, 5) is 16.3. The molecular weight excluding hydrogens is 455 g/mol. The predicted octanol–water partition coefficient (Wildman–Crippen LogP) is 3.27. The van der Waals surface area contributed by atoms with Gasteiger partial charge >= 0.3 is 0 Å². The van der Waals surface area contributed by atoms with Crippen LogP contribution in [-0.4, -0.2) is 44.7 Å². The van der Waals surface area contributed by atoms with Crippen LogP contribution in [0.1, 0.15) is 26.7 Å². The number of anilines is 1. The Morgan fingerprint density at radius 1 is 1.20 bits per heavy atom. The number of carbonyl (C=O) groups excluding carboxylic acids is 1. The van der Waals surface area contributed by atoms with Crippen LogP contribution in [0.2, 0.25) is 5.02 Å². The lowest BCUT2D eigenvalue weighted by atomic mass is 10.2. The number of hydrogen-bond acceptors (Lipinski definition) is 3. The molecule has 0 aromatic heterocycles. The smallest absolute Gasteiger partial charge is 0.224 e. The highest BCUT2D eigenvalue weighted by atomic mass is 127. The minimum Gasteiger partial charge on any atom is -0.380 e. The predicted molar refractivity (Wildman–Crippen MR) is 115 cm³/mol. The van der Waals surface area contributed by atoms with Crippen molar-refractivity contribution in [3.05, 3.63) is 29.3 Å². The number of benzene rings is 1.